The van der Waals surface area contributed by atoms with Gasteiger partial charge in [0.25, 0.3) is 5.91 Å². The average Bonchev–Trinajstić information content (AvgIpc) is 3.05. The van der Waals surface area contributed by atoms with Gasteiger partial charge in [0, 0.05) is 23.6 Å². The number of hydrogen-bond donors (Lipinski definition) is 2. The summed E-state index contributed by atoms with van der Waals surface area (Å²) in [5.41, 5.74) is 3.42. The van der Waals surface area contributed by atoms with Crippen LogP contribution in [0.5, 0.6) is 0 Å². The first kappa shape index (κ1) is 19.6. The van der Waals surface area contributed by atoms with Gasteiger partial charge in [0.2, 0.25) is 10.0 Å². The van der Waals surface area contributed by atoms with E-state index in [0.29, 0.717) is 0 Å². The topological polar surface area (TPSA) is 114 Å². The van der Waals surface area contributed by atoms with Gasteiger partial charge in [0.1, 0.15) is 5.70 Å². The van der Waals surface area contributed by atoms with Gasteiger partial charge in [-0.2, -0.15) is 0 Å². The summed E-state index contributed by atoms with van der Waals surface area (Å²) in [6.07, 6.45) is 3.11. The summed E-state index contributed by atoms with van der Waals surface area (Å²) in [4.78, 5) is 25.4. The van der Waals surface area contributed by atoms with Gasteiger partial charge >= 0.3 is 6.03 Å². The molecule has 1 aromatic carbocycles. The molecule has 9 heteroatoms. The smallest absolute Gasteiger partial charge is 0.318 e. The molecule has 0 spiro atoms. The highest BCUT2D eigenvalue weighted by atomic mass is 32.2. The quantitative estimate of drug-likeness (QED) is 0.453. The molecule has 3 N–H and O–H groups in total. The molecule has 2 aromatic rings. The molecule has 3 rings (SSSR count). The van der Waals surface area contributed by atoms with Crippen LogP contribution in [-0.4, -0.2) is 36.4 Å². The first-order valence-corrected chi connectivity index (χ1v) is 9.95. The number of amides is 3. The van der Waals surface area contributed by atoms with Gasteiger partial charge < -0.3 is 9.88 Å². The Bertz CT molecular complexity index is 1110. The number of nitrogens with two attached hydrogens (primary N) is 1. The van der Waals surface area contributed by atoms with Crippen LogP contribution in [0.3, 0.4) is 0 Å². The van der Waals surface area contributed by atoms with Crippen LogP contribution in [0, 0.1) is 13.8 Å². The second kappa shape index (κ2) is 7.10. The van der Waals surface area contributed by atoms with E-state index in [1.807, 2.05) is 24.5 Å². The molecule has 1 aliphatic rings. The summed E-state index contributed by atoms with van der Waals surface area (Å²) in [6, 6.07) is 7.59. The Labute approximate surface area is 163 Å². The van der Waals surface area contributed by atoms with Crippen LogP contribution < -0.4 is 10.5 Å². The predicted octanol–water partition coefficient (Wildman–Crippen LogP) is 1.82. The maximum Gasteiger partial charge on any atom is 0.329 e. The standard InChI is InChI=1S/C19H20N4O4S/c1-4-9-22-18(24)17(21-19(22)25)11-14-10-12(2)23(13(14)3)15-5-7-16(8-6-15)28(20,26)27/h4-8,10-11H,1,9H2,2-3H3,(H,21,25)(H2,20,26,27)/b17-11+. The third-order valence-electron chi connectivity index (χ3n) is 4.47. The molecule has 1 aliphatic heterocycles. The molecule has 8 nitrogen and oxygen atoms in total. The maximum atomic E-state index is 12.4. The fraction of sp³-hybridized carbons (Fsp3) is 0.158. The molecule has 146 valence electrons. The molecule has 0 atom stereocenters. The van der Waals surface area contributed by atoms with Crippen LogP contribution >= 0.6 is 0 Å². The molecule has 0 unspecified atom stereocenters. The Balaban J connectivity index is 1.98. The zero-order valence-corrected chi connectivity index (χ0v) is 16.3. The van der Waals surface area contributed by atoms with Gasteiger partial charge in [-0.05, 0) is 55.8 Å². The number of aromatic nitrogens is 1. The molecular formula is C19H20N4O4S. The van der Waals surface area contributed by atoms with Crippen molar-refractivity contribution in [2.45, 2.75) is 18.7 Å². The van der Waals surface area contributed by atoms with Crippen molar-refractivity contribution in [2.24, 2.45) is 5.14 Å². The van der Waals surface area contributed by atoms with Crippen LogP contribution in [0.1, 0.15) is 17.0 Å². The summed E-state index contributed by atoms with van der Waals surface area (Å²) in [7, 11) is -3.76. The first-order valence-electron chi connectivity index (χ1n) is 8.41. The summed E-state index contributed by atoms with van der Waals surface area (Å²) in [5.74, 6) is -0.410. The number of rotatable bonds is 5. The van der Waals surface area contributed by atoms with Crippen molar-refractivity contribution in [1.82, 2.24) is 14.8 Å². The second-order valence-electron chi connectivity index (χ2n) is 6.39. The van der Waals surface area contributed by atoms with Crippen molar-refractivity contribution in [2.75, 3.05) is 6.54 Å². The summed E-state index contributed by atoms with van der Waals surface area (Å²) < 4.78 is 24.8. The van der Waals surface area contributed by atoms with Gasteiger partial charge in [-0.3, -0.25) is 9.69 Å². The van der Waals surface area contributed by atoms with Crippen molar-refractivity contribution >= 4 is 28.0 Å². The number of imide groups is 1. The van der Waals surface area contributed by atoms with Crippen molar-refractivity contribution in [3.63, 3.8) is 0 Å². The Morgan fingerprint density at radius 2 is 1.82 bits per heavy atom. The number of benzene rings is 1. The fourth-order valence-corrected chi connectivity index (χ4v) is 3.65. The molecule has 0 saturated carbocycles. The number of urea groups is 1. The molecule has 0 radical (unpaired) electrons. The molecule has 0 aliphatic carbocycles. The van der Waals surface area contributed by atoms with Crippen LogP contribution in [0.25, 0.3) is 11.8 Å². The Hall–Kier alpha value is -3.17. The zero-order chi connectivity index (χ0) is 20.6. The van der Waals surface area contributed by atoms with E-state index >= 15 is 0 Å². The van der Waals surface area contributed by atoms with Crippen molar-refractivity contribution in [3.05, 3.63) is 65.6 Å². The summed E-state index contributed by atoms with van der Waals surface area (Å²) >= 11 is 0. The van der Waals surface area contributed by atoms with Gasteiger partial charge in [-0.25, -0.2) is 18.4 Å². The lowest BCUT2D eigenvalue weighted by Crippen LogP contribution is -2.30. The number of carbonyl (C=O) groups excluding carboxylic acids is 2. The molecule has 3 amide bonds. The SMILES string of the molecule is C=CCN1C(=O)N/C(=C/c2cc(C)n(-c3ccc(S(N)(=O)=O)cc3)c2C)C1=O. The Kier molecular flexibility index (Phi) is 4.97. The number of nitrogens with one attached hydrogen (secondary N) is 1. The number of sulfonamides is 1. The van der Waals surface area contributed by atoms with Gasteiger partial charge in [0.15, 0.2) is 0 Å². The number of aryl methyl sites for hydroxylation is 1. The van der Waals surface area contributed by atoms with Gasteiger partial charge in [-0.15, -0.1) is 6.58 Å². The number of carbonyl (C=O) groups is 2. The van der Waals surface area contributed by atoms with Crippen molar-refractivity contribution in [3.8, 4) is 5.69 Å². The van der Waals surface area contributed by atoms with Crippen LogP contribution in [0.2, 0.25) is 0 Å². The third-order valence-corrected chi connectivity index (χ3v) is 5.40. The van der Waals surface area contributed by atoms with Crippen LogP contribution in [0.4, 0.5) is 4.79 Å². The van der Waals surface area contributed by atoms with Crippen molar-refractivity contribution in [1.29, 1.82) is 0 Å². The lowest BCUT2D eigenvalue weighted by molar-refractivity contribution is -0.122. The number of hydrogen-bond acceptors (Lipinski definition) is 4. The maximum absolute atomic E-state index is 12.4. The van der Waals surface area contributed by atoms with E-state index in [0.717, 1.165) is 27.5 Å². The van der Waals surface area contributed by atoms with E-state index in [-0.39, 0.29) is 17.1 Å². The molecule has 1 aromatic heterocycles. The predicted molar refractivity (Wildman–Crippen MR) is 105 cm³/mol. The average molecular weight is 400 g/mol. The molecule has 28 heavy (non-hydrogen) atoms. The van der Waals surface area contributed by atoms with Crippen molar-refractivity contribution < 1.29 is 18.0 Å². The lowest BCUT2D eigenvalue weighted by atomic mass is 10.2. The molecule has 2 heterocycles. The highest BCUT2D eigenvalue weighted by Crippen LogP contribution is 2.24. The van der Waals surface area contributed by atoms with Gasteiger partial charge in [-0.1, -0.05) is 6.08 Å². The van der Waals surface area contributed by atoms with Gasteiger partial charge in [0.05, 0.1) is 4.90 Å². The van der Waals surface area contributed by atoms with E-state index in [1.54, 1.807) is 18.2 Å². The van der Waals surface area contributed by atoms with E-state index < -0.39 is 22.0 Å². The fourth-order valence-electron chi connectivity index (χ4n) is 3.14. The third kappa shape index (κ3) is 3.49. The van der Waals surface area contributed by atoms with Crippen LogP contribution in [0.15, 0.2) is 53.6 Å². The second-order valence-corrected chi connectivity index (χ2v) is 7.95. The summed E-state index contributed by atoms with van der Waals surface area (Å²) in [6.45, 7) is 7.44. The van der Waals surface area contributed by atoms with Crippen LogP contribution in [-0.2, 0) is 14.8 Å². The largest absolute Gasteiger partial charge is 0.329 e. The molecule has 0 bridgehead atoms. The summed E-state index contributed by atoms with van der Waals surface area (Å²) in [5, 5.41) is 7.71. The Morgan fingerprint density at radius 1 is 1.18 bits per heavy atom. The van der Waals surface area contributed by atoms with E-state index in [9.17, 15) is 18.0 Å². The lowest BCUT2D eigenvalue weighted by Gasteiger charge is -2.10. The molecule has 1 saturated heterocycles. The monoisotopic (exact) mass is 400 g/mol. The van der Waals surface area contributed by atoms with E-state index in [4.69, 9.17) is 5.14 Å². The zero-order valence-electron chi connectivity index (χ0n) is 15.5. The molecular weight excluding hydrogens is 380 g/mol. The Morgan fingerprint density at radius 3 is 2.39 bits per heavy atom. The minimum atomic E-state index is -3.76. The highest BCUT2D eigenvalue weighted by molar-refractivity contribution is 7.89. The normalized spacial score (nSPS) is 16.0. The highest BCUT2D eigenvalue weighted by Gasteiger charge is 2.32. The number of nitrogens with zero attached hydrogens (tertiary/aromatic N) is 2. The minimum absolute atomic E-state index is 0.0302. The van der Waals surface area contributed by atoms with E-state index in [2.05, 4.69) is 11.9 Å². The van der Waals surface area contributed by atoms with E-state index in [1.165, 1.54) is 18.2 Å². The first-order chi connectivity index (χ1) is 13.1. The minimum Gasteiger partial charge on any atom is -0.318 e. The molecule has 1 fully saturated rings. The number of primary sulfonamides is 1.